The van der Waals surface area contributed by atoms with E-state index in [1.165, 1.54) is 0 Å². The molecule has 0 amide bonds. The van der Waals surface area contributed by atoms with E-state index in [1.54, 1.807) is 14.2 Å². The molecule has 0 radical (unpaired) electrons. The Morgan fingerprint density at radius 2 is 1.92 bits per heavy atom. The molecule has 0 aliphatic rings. The molecule has 0 bridgehead atoms. The summed E-state index contributed by atoms with van der Waals surface area (Å²) in [4.78, 5) is 0. The van der Waals surface area contributed by atoms with E-state index < -0.39 is 0 Å². The van der Waals surface area contributed by atoms with E-state index in [9.17, 15) is 0 Å². The summed E-state index contributed by atoms with van der Waals surface area (Å²) in [7, 11) is 4.29. The normalized spacial score (nSPS) is 15.0. The Balaban J connectivity index is 3.93. The van der Waals surface area contributed by atoms with Crippen molar-refractivity contribution >= 4 is 10.2 Å². The van der Waals surface area contributed by atoms with E-state index in [4.69, 9.17) is 15.2 Å². The first-order chi connectivity index (χ1) is 5.60. The third-order valence-electron chi connectivity index (χ3n) is 2.55. The lowest BCUT2D eigenvalue weighted by Gasteiger charge is -2.33. The van der Waals surface area contributed by atoms with Crippen molar-refractivity contribution in [2.75, 3.05) is 20.8 Å². The van der Waals surface area contributed by atoms with Crippen molar-refractivity contribution in [1.29, 1.82) is 0 Å². The zero-order valence-corrected chi connectivity index (χ0v) is 10.6. The minimum absolute atomic E-state index is 0.324. The van der Waals surface area contributed by atoms with Crippen molar-refractivity contribution in [3.63, 3.8) is 0 Å². The van der Waals surface area contributed by atoms with E-state index >= 15 is 0 Å². The van der Waals surface area contributed by atoms with Gasteiger partial charge in [0.2, 0.25) is 0 Å². The monoisotopic (exact) mass is 191 g/mol. The van der Waals surface area contributed by atoms with Gasteiger partial charge in [-0.1, -0.05) is 6.92 Å². The van der Waals surface area contributed by atoms with Crippen molar-refractivity contribution in [1.82, 2.24) is 0 Å². The quantitative estimate of drug-likeness (QED) is 0.462. The fourth-order valence-corrected chi connectivity index (χ4v) is 1.46. The summed E-state index contributed by atoms with van der Waals surface area (Å²) in [6, 6.07) is 0. The molecular weight excluding hydrogens is 170 g/mol. The van der Waals surface area contributed by atoms with Crippen molar-refractivity contribution < 1.29 is 9.47 Å². The minimum Gasteiger partial charge on any atom is -0.358 e. The molecule has 0 aromatic heterocycles. The molecule has 1 unspecified atom stereocenters. The molecule has 4 heteroatoms. The van der Waals surface area contributed by atoms with E-state index in [2.05, 4.69) is 6.92 Å². The van der Waals surface area contributed by atoms with Gasteiger partial charge < -0.3 is 15.2 Å². The largest absolute Gasteiger partial charge is 0.358 e. The standard InChI is InChI=1S/C8H21NO2Si/c1-7(5-4-6-9)8(12,10-2)11-3/h7H,4-6,9H2,1-3,12H3. The van der Waals surface area contributed by atoms with Gasteiger partial charge in [-0.15, -0.1) is 0 Å². The molecule has 74 valence electrons. The van der Waals surface area contributed by atoms with Crippen molar-refractivity contribution in [3.05, 3.63) is 0 Å². The van der Waals surface area contributed by atoms with Gasteiger partial charge in [0.1, 0.15) is 5.41 Å². The lowest BCUT2D eigenvalue weighted by molar-refractivity contribution is -0.174. The summed E-state index contributed by atoms with van der Waals surface area (Å²) in [6.45, 7) is 2.89. The van der Waals surface area contributed by atoms with Crippen LogP contribution in [0.4, 0.5) is 0 Å². The zero-order valence-electron chi connectivity index (χ0n) is 8.59. The molecule has 1 atom stereocenters. The van der Waals surface area contributed by atoms with Gasteiger partial charge in [0.15, 0.2) is 0 Å². The Hall–Kier alpha value is 0.0969. The molecular formula is C8H21NO2Si. The van der Waals surface area contributed by atoms with E-state index in [-0.39, 0.29) is 5.41 Å². The Bertz CT molecular complexity index is 118. The molecule has 0 aliphatic carbocycles. The first-order valence-corrected chi connectivity index (χ1v) is 5.41. The van der Waals surface area contributed by atoms with Gasteiger partial charge in [0.05, 0.1) is 10.2 Å². The Morgan fingerprint density at radius 3 is 2.25 bits per heavy atom. The van der Waals surface area contributed by atoms with Gasteiger partial charge in [-0.05, 0) is 19.4 Å². The van der Waals surface area contributed by atoms with Gasteiger partial charge in [-0.2, -0.15) is 0 Å². The maximum Gasteiger partial charge on any atom is 0.143 e. The van der Waals surface area contributed by atoms with Crippen LogP contribution in [-0.2, 0) is 9.47 Å². The number of nitrogens with two attached hydrogens (primary N) is 1. The second-order valence-electron chi connectivity index (χ2n) is 3.26. The molecule has 0 saturated carbocycles. The molecule has 0 aromatic carbocycles. The third-order valence-corrected chi connectivity index (χ3v) is 4.35. The predicted molar refractivity (Wildman–Crippen MR) is 54.1 cm³/mol. The highest BCUT2D eigenvalue weighted by Gasteiger charge is 2.29. The Morgan fingerprint density at radius 1 is 1.42 bits per heavy atom. The summed E-state index contributed by atoms with van der Waals surface area (Å²) in [5, 5.41) is 0. The van der Waals surface area contributed by atoms with Crippen LogP contribution in [0.25, 0.3) is 0 Å². The molecule has 0 aromatic rings. The maximum absolute atomic E-state index is 5.43. The van der Waals surface area contributed by atoms with Gasteiger partial charge in [0.25, 0.3) is 0 Å². The molecule has 0 aliphatic heterocycles. The molecule has 2 N–H and O–H groups in total. The molecule has 0 saturated heterocycles. The van der Waals surface area contributed by atoms with Crippen LogP contribution in [0.5, 0.6) is 0 Å². The summed E-state index contributed by atoms with van der Waals surface area (Å²) < 4.78 is 10.7. The van der Waals surface area contributed by atoms with Gasteiger partial charge in [0, 0.05) is 20.1 Å². The fourth-order valence-electron chi connectivity index (χ4n) is 1.17. The first kappa shape index (κ1) is 12.1. The predicted octanol–water partition coefficient (Wildman–Crippen LogP) is -0.327. The van der Waals surface area contributed by atoms with Crippen LogP contribution < -0.4 is 5.73 Å². The Kier molecular flexibility index (Phi) is 5.74. The van der Waals surface area contributed by atoms with Gasteiger partial charge in [-0.25, -0.2) is 0 Å². The molecule has 0 fully saturated rings. The first-order valence-electron chi connectivity index (χ1n) is 4.41. The smallest absolute Gasteiger partial charge is 0.143 e. The summed E-state index contributed by atoms with van der Waals surface area (Å²) >= 11 is 0. The van der Waals surface area contributed by atoms with E-state index in [1.807, 2.05) is 0 Å². The van der Waals surface area contributed by atoms with Crippen LogP contribution in [0.15, 0.2) is 0 Å². The average Bonchev–Trinajstić information content (AvgIpc) is 2.12. The number of ether oxygens (including phenoxy) is 2. The van der Waals surface area contributed by atoms with Gasteiger partial charge in [-0.3, -0.25) is 0 Å². The molecule has 0 rings (SSSR count). The number of hydrogen-bond donors (Lipinski definition) is 1. The number of hydrogen-bond acceptors (Lipinski definition) is 3. The molecule has 12 heavy (non-hydrogen) atoms. The second-order valence-corrected chi connectivity index (χ2v) is 4.65. The highest BCUT2D eigenvalue weighted by atomic mass is 28.1. The zero-order chi connectivity index (χ0) is 9.61. The van der Waals surface area contributed by atoms with Crippen LogP contribution >= 0.6 is 0 Å². The third kappa shape index (κ3) is 3.22. The number of methoxy groups -OCH3 is 2. The molecule has 3 nitrogen and oxygen atoms in total. The van der Waals surface area contributed by atoms with Crippen LogP contribution in [0.2, 0.25) is 0 Å². The average molecular weight is 191 g/mol. The van der Waals surface area contributed by atoms with Gasteiger partial charge >= 0.3 is 0 Å². The Labute approximate surface area is 78.0 Å². The second kappa shape index (κ2) is 5.69. The minimum atomic E-state index is -0.324. The van der Waals surface area contributed by atoms with Crippen molar-refractivity contribution in [2.24, 2.45) is 11.7 Å². The topological polar surface area (TPSA) is 44.5 Å². The van der Waals surface area contributed by atoms with Crippen LogP contribution in [0.3, 0.4) is 0 Å². The highest BCUT2D eigenvalue weighted by Crippen LogP contribution is 2.22. The maximum atomic E-state index is 5.43. The summed E-state index contributed by atoms with van der Waals surface area (Å²) in [5.74, 6) is 0.433. The number of rotatable bonds is 6. The highest BCUT2D eigenvalue weighted by molar-refractivity contribution is 6.13. The van der Waals surface area contributed by atoms with E-state index in [0.717, 1.165) is 29.6 Å². The van der Waals surface area contributed by atoms with Crippen LogP contribution in [0, 0.1) is 5.92 Å². The van der Waals surface area contributed by atoms with Crippen LogP contribution in [0.1, 0.15) is 19.8 Å². The van der Waals surface area contributed by atoms with E-state index in [0.29, 0.717) is 5.92 Å². The summed E-state index contributed by atoms with van der Waals surface area (Å²) in [5.41, 5.74) is 5.11. The lowest BCUT2D eigenvalue weighted by Crippen LogP contribution is -2.41. The SMILES string of the molecule is COC([SiH3])(OC)C(C)CCCN. The van der Waals surface area contributed by atoms with Crippen LogP contribution in [-0.4, -0.2) is 36.4 Å². The molecule has 0 spiro atoms. The fraction of sp³-hybridized carbons (Fsp3) is 1.00. The lowest BCUT2D eigenvalue weighted by atomic mass is 10.0. The van der Waals surface area contributed by atoms with Crippen molar-refractivity contribution in [2.45, 2.75) is 25.2 Å². The summed E-state index contributed by atoms with van der Waals surface area (Å²) in [6.07, 6.45) is 2.11. The molecule has 0 heterocycles. The van der Waals surface area contributed by atoms with Crippen molar-refractivity contribution in [3.8, 4) is 0 Å².